The Labute approximate surface area is 159 Å². The van der Waals surface area contributed by atoms with Crippen LogP contribution in [0.1, 0.15) is 42.4 Å². The number of hydrogen-bond acceptors (Lipinski definition) is 3. The Balaban J connectivity index is 2.17. The molecule has 8 heteroatoms. The second-order valence-corrected chi connectivity index (χ2v) is 6.43. The highest BCUT2D eigenvalue weighted by Crippen LogP contribution is 2.45. The number of methoxy groups -OCH3 is 1. The number of anilines is 2. The van der Waals surface area contributed by atoms with E-state index < -0.39 is 17.7 Å². The minimum Gasteiger partial charge on any atom is -0.494 e. The smallest absolute Gasteiger partial charge is 0.416 e. The summed E-state index contributed by atoms with van der Waals surface area (Å²) >= 11 is 0. The molecule has 5 nitrogen and oxygen atoms in total. The summed E-state index contributed by atoms with van der Waals surface area (Å²) in [5.41, 5.74) is 0.437. The monoisotopic (exact) mass is 392 g/mol. The summed E-state index contributed by atoms with van der Waals surface area (Å²) in [6.07, 6.45) is -4.44. The molecule has 0 bridgehead atoms. The van der Waals surface area contributed by atoms with Gasteiger partial charge in [0.05, 0.1) is 18.4 Å². The predicted molar refractivity (Wildman–Crippen MR) is 98.4 cm³/mol. The van der Waals surface area contributed by atoms with Crippen LogP contribution in [0.25, 0.3) is 0 Å². The third-order valence-electron chi connectivity index (χ3n) is 4.65. The lowest BCUT2D eigenvalue weighted by atomic mass is 9.82. The Morgan fingerprint density at radius 2 is 1.96 bits per heavy atom. The molecule has 0 fully saturated rings. The first-order valence-corrected chi connectivity index (χ1v) is 8.72. The van der Waals surface area contributed by atoms with Gasteiger partial charge in [-0.25, -0.2) is 0 Å². The van der Waals surface area contributed by atoms with Crippen molar-refractivity contribution in [2.45, 2.75) is 31.9 Å². The van der Waals surface area contributed by atoms with Crippen LogP contribution in [0, 0.1) is 0 Å². The van der Waals surface area contributed by atoms with E-state index >= 15 is 0 Å². The number of halogens is 3. The van der Waals surface area contributed by atoms with Crippen LogP contribution in [0.3, 0.4) is 0 Å². The molecule has 2 amide bonds. The molecule has 1 aliphatic heterocycles. The topological polar surface area (TPSA) is 67.4 Å². The van der Waals surface area contributed by atoms with Crippen molar-refractivity contribution in [3.63, 3.8) is 0 Å². The fourth-order valence-electron chi connectivity index (χ4n) is 3.33. The van der Waals surface area contributed by atoms with E-state index in [-0.39, 0.29) is 30.2 Å². The molecule has 1 heterocycles. The maximum atomic E-state index is 13.5. The van der Waals surface area contributed by atoms with Crippen molar-refractivity contribution < 1.29 is 27.5 Å². The number of alkyl halides is 3. The highest BCUT2D eigenvalue weighted by Gasteiger charge is 2.38. The van der Waals surface area contributed by atoms with Gasteiger partial charge in [0.25, 0.3) is 0 Å². The number of hydrogen-bond donors (Lipinski definition) is 2. The van der Waals surface area contributed by atoms with Crippen LogP contribution in [-0.2, 0) is 15.8 Å². The van der Waals surface area contributed by atoms with Crippen LogP contribution < -0.4 is 15.4 Å². The largest absolute Gasteiger partial charge is 0.494 e. The standard InChI is InChI=1S/C20H19F3N2O3/c1-3-18(26)25-16-8-13-12(9-19(27)24-15(13)10-17(16)28-2)11-6-4-5-7-14(11)20(21,22)23/h4-8,10,12H,3,9H2,1-2H3,(H,24,27)(H,25,26)/t12-/m1/s1. The molecule has 0 radical (unpaired) electrons. The molecule has 2 N–H and O–H groups in total. The van der Waals surface area contributed by atoms with E-state index in [0.717, 1.165) is 6.07 Å². The van der Waals surface area contributed by atoms with Crippen LogP contribution in [0.15, 0.2) is 36.4 Å². The normalized spacial score (nSPS) is 16.2. The highest BCUT2D eigenvalue weighted by molar-refractivity contribution is 5.98. The van der Waals surface area contributed by atoms with E-state index in [1.54, 1.807) is 13.0 Å². The molecule has 0 saturated carbocycles. The van der Waals surface area contributed by atoms with E-state index in [0.29, 0.717) is 22.7 Å². The quantitative estimate of drug-likeness (QED) is 0.803. The number of carbonyl (C=O) groups excluding carboxylic acids is 2. The van der Waals surface area contributed by atoms with Gasteiger partial charge in [0.15, 0.2) is 0 Å². The number of fused-ring (bicyclic) bond motifs is 1. The van der Waals surface area contributed by atoms with Crippen LogP contribution in [-0.4, -0.2) is 18.9 Å². The number of rotatable bonds is 4. The third-order valence-corrected chi connectivity index (χ3v) is 4.65. The van der Waals surface area contributed by atoms with E-state index in [1.807, 2.05) is 0 Å². The van der Waals surface area contributed by atoms with Gasteiger partial charge in [-0.05, 0) is 23.3 Å². The molecule has 0 spiro atoms. The highest BCUT2D eigenvalue weighted by atomic mass is 19.4. The molecule has 28 heavy (non-hydrogen) atoms. The SMILES string of the molecule is CCC(=O)Nc1cc2c(cc1OC)NC(=O)C[C@@H]2c1ccccc1C(F)(F)F. The van der Waals surface area contributed by atoms with Gasteiger partial charge in [-0.1, -0.05) is 25.1 Å². The Hall–Kier alpha value is -3.03. The van der Waals surface area contributed by atoms with Crippen molar-refractivity contribution in [2.24, 2.45) is 0 Å². The zero-order chi connectivity index (χ0) is 20.5. The number of carbonyl (C=O) groups is 2. The van der Waals surface area contributed by atoms with E-state index in [2.05, 4.69) is 10.6 Å². The molecule has 0 aromatic heterocycles. The molecule has 3 rings (SSSR count). The first kappa shape index (κ1) is 19.7. The van der Waals surface area contributed by atoms with E-state index in [4.69, 9.17) is 4.74 Å². The Bertz CT molecular complexity index is 925. The van der Waals surface area contributed by atoms with E-state index in [1.165, 1.54) is 31.4 Å². The zero-order valence-corrected chi connectivity index (χ0v) is 15.3. The van der Waals surface area contributed by atoms with Crippen molar-refractivity contribution in [1.82, 2.24) is 0 Å². The molecular formula is C20H19F3N2O3. The van der Waals surface area contributed by atoms with Gasteiger partial charge in [-0.3, -0.25) is 9.59 Å². The fraction of sp³-hybridized carbons (Fsp3) is 0.300. The van der Waals surface area contributed by atoms with Gasteiger partial charge >= 0.3 is 6.18 Å². The summed E-state index contributed by atoms with van der Waals surface area (Å²) in [7, 11) is 1.41. The number of amides is 2. The van der Waals surface area contributed by atoms with Crippen molar-refractivity contribution >= 4 is 23.2 Å². The zero-order valence-electron chi connectivity index (χ0n) is 15.3. The molecule has 2 aromatic rings. The third kappa shape index (κ3) is 3.81. The molecule has 2 aromatic carbocycles. The second-order valence-electron chi connectivity index (χ2n) is 6.43. The summed E-state index contributed by atoms with van der Waals surface area (Å²) in [5.74, 6) is -1.14. The maximum Gasteiger partial charge on any atom is 0.416 e. The second kappa shape index (κ2) is 7.53. The van der Waals surface area contributed by atoms with Gasteiger partial charge in [0.1, 0.15) is 5.75 Å². The number of ether oxygens (including phenoxy) is 1. The molecule has 148 valence electrons. The Morgan fingerprint density at radius 3 is 2.61 bits per heavy atom. The van der Waals surface area contributed by atoms with Crippen LogP contribution in [0.5, 0.6) is 5.75 Å². The van der Waals surface area contributed by atoms with Crippen molar-refractivity contribution in [3.8, 4) is 5.75 Å². The molecule has 0 aliphatic carbocycles. The summed E-state index contributed by atoms with van der Waals surface area (Å²) in [5, 5.41) is 5.36. The van der Waals surface area contributed by atoms with Crippen LogP contribution in [0.2, 0.25) is 0 Å². The van der Waals surface area contributed by atoms with Crippen LogP contribution in [0.4, 0.5) is 24.5 Å². The lowest BCUT2D eigenvalue weighted by Gasteiger charge is -2.29. The minimum atomic E-state index is -4.55. The van der Waals surface area contributed by atoms with Crippen molar-refractivity contribution in [2.75, 3.05) is 17.7 Å². The molecule has 0 unspecified atom stereocenters. The van der Waals surface area contributed by atoms with Gasteiger partial charge in [-0.2, -0.15) is 13.2 Å². The summed E-state index contributed by atoms with van der Waals surface area (Å²) in [6.45, 7) is 1.68. The number of benzene rings is 2. The first-order valence-electron chi connectivity index (χ1n) is 8.72. The molecular weight excluding hydrogens is 373 g/mol. The maximum absolute atomic E-state index is 13.5. The summed E-state index contributed by atoms with van der Waals surface area (Å²) < 4.78 is 45.8. The predicted octanol–water partition coefficient (Wildman–Crippen LogP) is 4.54. The summed E-state index contributed by atoms with van der Waals surface area (Å²) in [6, 6.07) is 8.30. The lowest BCUT2D eigenvalue weighted by Crippen LogP contribution is -2.25. The number of nitrogens with one attached hydrogen (secondary N) is 2. The van der Waals surface area contributed by atoms with Gasteiger partial charge in [0, 0.05) is 30.5 Å². The Kier molecular flexibility index (Phi) is 5.31. The van der Waals surface area contributed by atoms with Gasteiger partial charge < -0.3 is 15.4 Å². The minimum absolute atomic E-state index is 0.0176. The summed E-state index contributed by atoms with van der Waals surface area (Å²) in [4.78, 5) is 24.0. The van der Waals surface area contributed by atoms with Gasteiger partial charge in [-0.15, -0.1) is 0 Å². The molecule has 1 atom stereocenters. The molecule has 1 aliphatic rings. The average molecular weight is 392 g/mol. The van der Waals surface area contributed by atoms with Crippen molar-refractivity contribution in [1.29, 1.82) is 0 Å². The Morgan fingerprint density at radius 1 is 1.25 bits per heavy atom. The average Bonchev–Trinajstić information content (AvgIpc) is 2.66. The first-order chi connectivity index (χ1) is 13.2. The fourth-order valence-corrected chi connectivity index (χ4v) is 3.33. The van der Waals surface area contributed by atoms with Gasteiger partial charge in [0.2, 0.25) is 11.8 Å². The molecule has 0 saturated heterocycles. The van der Waals surface area contributed by atoms with Crippen LogP contribution >= 0.6 is 0 Å². The van der Waals surface area contributed by atoms with E-state index in [9.17, 15) is 22.8 Å². The van der Waals surface area contributed by atoms with Crippen molar-refractivity contribution in [3.05, 3.63) is 53.1 Å². The lowest BCUT2D eigenvalue weighted by molar-refractivity contribution is -0.138.